The van der Waals surface area contributed by atoms with E-state index in [1.54, 1.807) is 0 Å². The highest BCUT2D eigenvalue weighted by Gasteiger charge is 2.19. The number of hydrogen-bond donors (Lipinski definition) is 1. The summed E-state index contributed by atoms with van der Waals surface area (Å²) in [7, 11) is 0. The maximum Gasteiger partial charge on any atom is 0.133 e. The van der Waals surface area contributed by atoms with E-state index in [4.69, 9.17) is 0 Å². The van der Waals surface area contributed by atoms with Gasteiger partial charge in [-0.05, 0) is 31.2 Å². The Bertz CT molecular complexity index is 521. The number of fused-ring (bicyclic) bond motifs is 1. The molecule has 1 atom stereocenters. The normalized spacial score (nSPS) is 20.4. The third-order valence-electron chi connectivity index (χ3n) is 2.99. The molecule has 1 aliphatic rings. The predicted octanol–water partition coefficient (Wildman–Crippen LogP) is 2.47. The molecule has 4 heteroatoms. The summed E-state index contributed by atoms with van der Waals surface area (Å²) in [4.78, 5) is 9.08. The van der Waals surface area contributed by atoms with Gasteiger partial charge in [0, 0.05) is 28.5 Å². The van der Waals surface area contributed by atoms with E-state index in [2.05, 4.69) is 31.2 Å². The Labute approximate surface area is 102 Å². The lowest BCUT2D eigenvalue weighted by Crippen LogP contribution is -2.10. The van der Waals surface area contributed by atoms with Gasteiger partial charge in [0.25, 0.3) is 0 Å². The number of aromatic nitrogens is 2. The van der Waals surface area contributed by atoms with E-state index < -0.39 is 0 Å². The van der Waals surface area contributed by atoms with Crippen molar-refractivity contribution in [2.75, 3.05) is 13.1 Å². The van der Waals surface area contributed by atoms with E-state index in [1.807, 2.05) is 24.4 Å². The molecule has 0 aliphatic carbocycles. The van der Waals surface area contributed by atoms with Crippen LogP contribution in [-0.2, 0) is 0 Å². The van der Waals surface area contributed by atoms with Crippen molar-refractivity contribution in [1.29, 1.82) is 0 Å². The Hall–Kier alpha value is -1.00. The van der Waals surface area contributed by atoms with Crippen molar-refractivity contribution >= 4 is 26.8 Å². The Morgan fingerprint density at radius 1 is 1.38 bits per heavy atom. The van der Waals surface area contributed by atoms with Gasteiger partial charge in [-0.1, -0.05) is 15.9 Å². The molecule has 82 valence electrons. The molecule has 0 spiro atoms. The van der Waals surface area contributed by atoms with E-state index in [0.29, 0.717) is 5.92 Å². The van der Waals surface area contributed by atoms with Crippen LogP contribution < -0.4 is 5.32 Å². The lowest BCUT2D eigenvalue weighted by Gasteiger charge is -2.07. The molecule has 16 heavy (non-hydrogen) atoms. The minimum absolute atomic E-state index is 0.480. The SMILES string of the molecule is Brc1ccc2nc(C3CCNC3)ncc2c1. The second-order valence-electron chi connectivity index (χ2n) is 4.12. The van der Waals surface area contributed by atoms with Crippen LogP contribution in [0.5, 0.6) is 0 Å². The van der Waals surface area contributed by atoms with Crippen LogP contribution in [0.1, 0.15) is 18.2 Å². The van der Waals surface area contributed by atoms with Gasteiger partial charge in [-0.25, -0.2) is 9.97 Å². The minimum atomic E-state index is 0.480. The first-order valence-corrected chi connectivity index (χ1v) is 6.25. The van der Waals surface area contributed by atoms with E-state index in [0.717, 1.165) is 40.7 Å². The summed E-state index contributed by atoms with van der Waals surface area (Å²) in [6.45, 7) is 2.08. The fourth-order valence-corrected chi connectivity index (χ4v) is 2.47. The highest BCUT2D eigenvalue weighted by atomic mass is 79.9. The molecule has 1 fully saturated rings. The quantitative estimate of drug-likeness (QED) is 0.870. The Morgan fingerprint density at radius 2 is 2.31 bits per heavy atom. The van der Waals surface area contributed by atoms with Gasteiger partial charge in [-0.15, -0.1) is 0 Å². The molecule has 1 aromatic heterocycles. The number of nitrogens with zero attached hydrogens (tertiary/aromatic N) is 2. The molecule has 3 rings (SSSR count). The summed E-state index contributed by atoms with van der Waals surface area (Å²) in [6.07, 6.45) is 3.06. The highest BCUT2D eigenvalue weighted by molar-refractivity contribution is 9.10. The van der Waals surface area contributed by atoms with E-state index in [1.165, 1.54) is 0 Å². The molecule has 2 heterocycles. The molecule has 0 bridgehead atoms. The predicted molar refractivity (Wildman–Crippen MR) is 67.5 cm³/mol. The van der Waals surface area contributed by atoms with Crippen LogP contribution in [0, 0.1) is 0 Å². The lowest BCUT2D eigenvalue weighted by molar-refractivity contribution is 0.707. The summed E-state index contributed by atoms with van der Waals surface area (Å²) >= 11 is 3.45. The Balaban J connectivity index is 2.05. The van der Waals surface area contributed by atoms with Crippen molar-refractivity contribution in [3.63, 3.8) is 0 Å². The Morgan fingerprint density at radius 3 is 3.12 bits per heavy atom. The van der Waals surface area contributed by atoms with Crippen molar-refractivity contribution in [2.24, 2.45) is 0 Å². The average Bonchev–Trinajstić information content (AvgIpc) is 2.82. The first-order chi connectivity index (χ1) is 7.83. The number of rotatable bonds is 1. The van der Waals surface area contributed by atoms with Crippen LogP contribution in [0.2, 0.25) is 0 Å². The molecule has 1 N–H and O–H groups in total. The number of halogens is 1. The molecule has 2 aromatic rings. The van der Waals surface area contributed by atoms with Crippen LogP contribution in [0.25, 0.3) is 10.9 Å². The Kier molecular flexibility index (Phi) is 2.61. The molecule has 1 unspecified atom stereocenters. The van der Waals surface area contributed by atoms with Gasteiger partial charge in [0.05, 0.1) is 5.52 Å². The number of nitrogens with one attached hydrogen (secondary N) is 1. The van der Waals surface area contributed by atoms with Crippen molar-refractivity contribution in [2.45, 2.75) is 12.3 Å². The molecule has 0 saturated carbocycles. The van der Waals surface area contributed by atoms with Gasteiger partial charge in [-0.2, -0.15) is 0 Å². The summed E-state index contributed by atoms with van der Waals surface area (Å²) in [5, 5.41) is 4.43. The third-order valence-corrected chi connectivity index (χ3v) is 3.48. The summed E-state index contributed by atoms with van der Waals surface area (Å²) in [6, 6.07) is 6.10. The average molecular weight is 278 g/mol. The second kappa shape index (κ2) is 4.11. The standard InChI is InChI=1S/C12H12BrN3/c13-10-1-2-11-9(5-10)7-15-12(16-11)8-3-4-14-6-8/h1-2,5,7-8,14H,3-4,6H2. The fraction of sp³-hybridized carbons (Fsp3) is 0.333. The number of hydrogen-bond acceptors (Lipinski definition) is 3. The van der Waals surface area contributed by atoms with Gasteiger partial charge in [0.15, 0.2) is 0 Å². The van der Waals surface area contributed by atoms with Crippen molar-refractivity contribution in [3.05, 3.63) is 34.7 Å². The maximum atomic E-state index is 4.63. The van der Waals surface area contributed by atoms with E-state index in [9.17, 15) is 0 Å². The molecule has 0 amide bonds. The first-order valence-electron chi connectivity index (χ1n) is 5.46. The molecular weight excluding hydrogens is 266 g/mol. The van der Waals surface area contributed by atoms with E-state index in [-0.39, 0.29) is 0 Å². The zero-order valence-corrected chi connectivity index (χ0v) is 10.4. The van der Waals surface area contributed by atoms with Crippen LogP contribution in [0.4, 0.5) is 0 Å². The van der Waals surface area contributed by atoms with Gasteiger partial charge in [-0.3, -0.25) is 0 Å². The van der Waals surface area contributed by atoms with Gasteiger partial charge in [0.1, 0.15) is 5.82 Å². The molecule has 1 aromatic carbocycles. The zero-order chi connectivity index (χ0) is 11.0. The largest absolute Gasteiger partial charge is 0.316 e. The molecule has 1 aliphatic heterocycles. The smallest absolute Gasteiger partial charge is 0.133 e. The summed E-state index contributed by atoms with van der Waals surface area (Å²) in [5.74, 6) is 1.45. The zero-order valence-electron chi connectivity index (χ0n) is 8.78. The van der Waals surface area contributed by atoms with Crippen LogP contribution in [-0.4, -0.2) is 23.1 Å². The van der Waals surface area contributed by atoms with Crippen molar-refractivity contribution in [3.8, 4) is 0 Å². The van der Waals surface area contributed by atoms with Gasteiger partial charge in [0.2, 0.25) is 0 Å². The summed E-state index contributed by atoms with van der Waals surface area (Å²) in [5.41, 5.74) is 1.03. The van der Waals surface area contributed by atoms with Crippen LogP contribution >= 0.6 is 15.9 Å². The van der Waals surface area contributed by atoms with Gasteiger partial charge >= 0.3 is 0 Å². The monoisotopic (exact) mass is 277 g/mol. The van der Waals surface area contributed by atoms with Crippen LogP contribution in [0.3, 0.4) is 0 Å². The number of benzene rings is 1. The highest BCUT2D eigenvalue weighted by Crippen LogP contribution is 2.22. The lowest BCUT2D eigenvalue weighted by atomic mass is 10.1. The van der Waals surface area contributed by atoms with E-state index >= 15 is 0 Å². The maximum absolute atomic E-state index is 4.63. The van der Waals surface area contributed by atoms with Gasteiger partial charge < -0.3 is 5.32 Å². The molecule has 0 radical (unpaired) electrons. The third kappa shape index (κ3) is 1.83. The molecule has 3 nitrogen and oxygen atoms in total. The second-order valence-corrected chi connectivity index (χ2v) is 5.04. The van der Waals surface area contributed by atoms with Crippen molar-refractivity contribution in [1.82, 2.24) is 15.3 Å². The summed E-state index contributed by atoms with van der Waals surface area (Å²) < 4.78 is 1.07. The molecular formula is C12H12BrN3. The van der Waals surface area contributed by atoms with Crippen molar-refractivity contribution < 1.29 is 0 Å². The minimum Gasteiger partial charge on any atom is -0.316 e. The fourth-order valence-electron chi connectivity index (χ4n) is 2.09. The first kappa shape index (κ1) is 10.2. The molecule has 1 saturated heterocycles. The topological polar surface area (TPSA) is 37.8 Å². The van der Waals surface area contributed by atoms with Crippen LogP contribution in [0.15, 0.2) is 28.9 Å².